The van der Waals surface area contributed by atoms with Gasteiger partial charge >= 0.3 is 10.1 Å². The van der Waals surface area contributed by atoms with Gasteiger partial charge in [-0.05, 0) is 54.8 Å². The number of halogens is 1. The molecule has 0 unspecified atom stereocenters. The Morgan fingerprint density at radius 3 is 2.09 bits per heavy atom. The Balaban J connectivity index is 2.11. The monoisotopic (exact) mass is 340 g/mol. The summed E-state index contributed by atoms with van der Waals surface area (Å²) in [6, 6.07) is 13.0. The van der Waals surface area contributed by atoms with Crippen molar-refractivity contribution in [3.63, 3.8) is 0 Å². The zero-order chi connectivity index (χ0) is 16.0. The molecule has 0 amide bonds. The summed E-state index contributed by atoms with van der Waals surface area (Å²) in [4.78, 5) is 0.123. The van der Waals surface area contributed by atoms with Crippen LogP contribution in [-0.2, 0) is 16.5 Å². The summed E-state index contributed by atoms with van der Waals surface area (Å²) in [5.41, 5.74) is 1.05. The Morgan fingerprint density at radius 1 is 0.955 bits per heavy atom. The molecular formula is C16H17ClO4S. The smallest absolute Gasteiger partial charge is 0.339 e. The van der Waals surface area contributed by atoms with Gasteiger partial charge in [-0.15, -0.1) is 11.6 Å². The summed E-state index contributed by atoms with van der Waals surface area (Å²) >= 11 is 5.64. The van der Waals surface area contributed by atoms with Gasteiger partial charge in [0.15, 0.2) is 0 Å². The highest BCUT2D eigenvalue weighted by molar-refractivity contribution is 7.87. The average molecular weight is 341 g/mol. The second kappa shape index (κ2) is 7.51. The SMILES string of the molecule is COc1ccc(OS(=O)(=O)c2ccc(CCCCl)cc2)cc1. The van der Waals surface area contributed by atoms with E-state index in [1.54, 1.807) is 55.6 Å². The van der Waals surface area contributed by atoms with Crippen LogP contribution in [0.3, 0.4) is 0 Å². The number of aryl methyl sites for hydroxylation is 1. The fourth-order valence-electron chi connectivity index (χ4n) is 1.90. The fourth-order valence-corrected chi connectivity index (χ4v) is 2.96. The number of hydrogen-bond acceptors (Lipinski definition) is 4. The Labute approximate surface area is 135 Å². The highest BCUT2D eigenvalue weighted by Gasteiger charge is 2.16. The predicted octanol–water partition coefficient (Wildman–Crippen LogP) is 3.63. The van der Waals surface area contributed by atoms with Gasteiger partial charge < -0.3 is 8.92 Å². The van der Waals surface area contributed by atoms with Crippen molar-refractivity contribution in [3.05, 3.63) is 54.1 Å². The maximum atomic E-state index is 12.2. The first kappa shape index (κ1) is 16.6. The lowest BCUT2D eigenvalue weighted by atomic mass is 10.1. The van der Waals surface area contributed by atoms with Crippen LogP contribution in [0.5, 0.6) is 11.5 Å². The summed E-state index contributed by atoms with van der Waals surface area (Å²) < 4.78 is 34.5. The summed E-state index contributed by atoms with van der Waals surface area (Å²) in [7, 11) is -2.30. The quantitative estimate of drug-likeness (QED) is 0.570. The Hall–Kier alpha value is -1.72. The van der Waals surface area contributed by atoms with E-state index in [4.69, 9.17) is 20.5 Å². The number of benzene rings is 2. The zero-order valence-corrected chi connectivity index (χ0v) is 13.7. The van der Waals surface area contributed by atoms with Gasteiger partial charge in [-0.1, -0.05) is 12.1 Å². The molecule has 0 bridgehead atoms. The van der Waals surface area contributed by atoms with Crippen LogP contribution in [0, 0.1) is 0 Å². The van der Waals surface area contributed by atoms with E-state index in [1.165, 1.54) is 0 Å². The van der Waals surface area contributed by atoms with Crippen molar-refractivity contribution in [1.82, 2.24) is 0 Å². The number of methoxy groups -OCH3 is 1. The van der Waals surface area contributed by atoms with Gasteiger partial charge in [-0.25, -0.2) is 0 Å². The molecule has 4 nitrogen and oxygen atoms in total. The molecule has 0 aliphatic rings. The van der Waals surface area contributed by atoms with E-state index in [2.05, 4.69) is 0 Å². The van der Waals surface area contributed by atoms with Crippen molar-refractivity contribution in [2.24, 2.45) is 0 Å². The van der Waals surface area contributed by atoms with Gasteiger partial charge in [-0.3, -0.25) is 0 Å². The fraction of sp³-hybridized carbons (Fsp3) is 0.250. The largest absolute Gasteiger partial charge is 0.497 e. The van der Waals surface area contributed by atoms with Crippen molar-refractivity contribution in [3.8, 4) is 11.5 Å². The van der Waals surface area contributed by atoms with Crippen LogP contribution in [0.1, 0.15) is 12.0 Å². The molecule has 0 aromatic heterocycles. The second-order valence-corrected chi connectivity index (χ2v) is 6.57. The molecule has 2 rings (SSSR count). The maximum absolute atomic E-state index is 12.2. The topological polar surface area (TPSA) is 52.6 Å². The molecule has 0 atom stereocenters. The number of rotatable bonds is 7. The predicted molar refractivity (Wildman–Crippen MR) is 86.3 cm³/mol. The van der Waals surface area contributed by atoms with Crippen molar-refractivity contribution < 1.29 is 17.3 Å². The van der Waals surface area contributed by atoms with Crippen LogP contribution < -0.4 is 8.92 Å². The minimum absolute atomic E-state index is 0.123. The lowest BCUT2D eigenvalue weighted by molar-refractivity contribution is 0.413. The summed E-state index contributed by atoms with van der Waals surface area (Å²) in [5, 5.41) is 0. The van der Waals surface area contributed by atoms with Crippen molar-refractivity contribution in [2.75, 3.05) is 13.0 Å². The Morgan fingerprint density at radius 2 is 1.55 bits per heavy atom. The van der Waals surface area contributed by atoms with E-state index in [9.17, 15) is 8.42 Å². The van der Waals surface area contributed by atoms with E-state index in [0.717, 1.165) is 18.4 Å². The molecule has 0 spiro atoms. The van der Waals surface area contributed by atoms with Gasteiger partial charge in [-0.2, -0.15) is 8.42 Å². The number of alkyl halides is 1. The van der Waals surface area contributed by atoms with Crippen molar-refractivity contribution in [1.29, 1.82) is 0 Å². The molecule has 0 radical (unpaired) electrons. The van der Waals surface area contributed by atoms with Gasteiger partial charge in [0.05, 0.1) is 7.11 Å². The first-order chi connectivity index (χ1) is 10.5. The van der Waals surface area contributed by atoms with Crippen LogP contribution in [0.2, 0.25) is 0 Å². The van der Waals surface area contributed by atoms with Crippen molar-refractivity contribution >= 4 is 21.7 Å². The van der Waals surface area contributed by atoms with Crippen LogP contribution in [0.15, 0.2) is 53.4 Å². The molecular weight excluding hydrogens is 324 g/mol. The highest BCUT2D eigenvalue weighted by Crippen LogP contribution is 2.22. The van der Waals surface area contributed by atoms with Gasteiger partial charge in [0.25, 0.3) is 0 Å². The van der Waals surface area contributed by atoms with Crippen LogP contribution in [0.4, 0.5) is 0 Å². The Kier molecular flexibility index (Phi) is 5.69. The number of hydrogen-bond donors (Lipinski definition) is 0. The summed E-state index contributed by atoms with van der Waals surface area (Å²) in [5.74, 6) is 1.46. The van der Waals surface area contributed by atoms with Crippen LogP contribution in [-0.4, -0.2) is 21.4 Å². The molecule has 6 heteroatoms. The molecule has 0 saturated carbocycles. The molecule has 0 N–H and O–H groups in total. The molecule has 22 heavy (non-hydrogen) atoms. The molecule has 118 valence electrons. The van der Waals surface area contributed by atoms with E-state index in [-0.39, 0.29) is 10.6 Å². The minimum Gasteiger partial charge on any atom is -0.497 e. The van der Waals surface area contributed by atoms with Gasteiger partial charge in [0.2, 0.25) is 0 Å². The zero-order valence-electron chi connectivity index (χ0n) is 12.2. The van der Waals surface area contributed by atoms with E-state index >= 15 is 0 Å². The Bertz CT molecular complexity index is 694. The molecule has 2 aromatic rings. The van der Waals surface area contributed by atoms with Gasteiger partial charge in [0.1, 0.15) is 16.4 Å². The molecule has 0 saturated heterocycles. The first-order valence-electron chi connectivity index (χ1n) is 6.78. The average Bonchev–Trinajstić information content (AvgIpc) is 2.53. The second-order valence-electron chi connectivity index (χ2n) is 4.65. The molecule has 0 aliphatic carbocycles. The molecule has 0 fully saturated rings. The highest BCUT2D eigenvalue weighted by atomic mass is 35.5. The summed E-state index contributed by atoms with van der Waals surface area (Å²) in [6.07, 6.45) is 1.68. The third-order valence-corrected chi connectivity index (χ3v) is 4.61. The normalized spacial score (nSPS) is 11.2. The first-order valence-corrected chi connectivity index (χ1v) is 8.73. The van der Waals surface area contributed by atoms with Crippen molar-refractivity contribution in [2.45, 2.75) is 17.7 Å². The lowest BCUT2D eigenvalue weighted by Crippen LogP contribution is -2.09. The van der Waals surface area contributed by atoms with Crippen LogP contribution in [0.25, 0.3) is 0 Å². The van der Waals surface area contributed by atoms with E-state index < -0.39 is 10.1 Å². The maximum Gasteiger partial charge on any atom is 0.339 e. The lowest BCUT2D eigenvalue weighted by Gasteiger charge is -2.08. The van der Waals surface area contributed by atoms with Gasteiger partial charge in [0, 0.05) is 5.88 Å². The van der Waals surface area contributed by atoms with Crippen LogP contribution >= 0.6 is 11.6 Å². The number of ether oxygens (including phenoxy) is 1. The molecule has 2 aromatic carbocycles. The molecule has 0 aliphatic heterocycles. The third-order valence-electron chi connectivity index (χ3n) is 3.08. The van der Waals surface area contributed by atoms with E-state index in [0.29, 0.717) is 11.6 Å². The molecule has 0 heterocycles. The minimum atomic E-state index is -3.84. The summed E-state index contributed by atoms with van der Waals surface area (Å²) in [6.45, 7) is 0. The third kappa shape index (κ3) is 4.39. The van der Waals surface area contributed by atoms with E-state index in [1.807, 2.05) is 0 Å². The standard InChI is InChI=1S/C16H17ClO4S/c1-20-14-6-8-15(9-7-14)21-22(18,19)16-10-4-13(5-11-16)3-2-12-17/h4-11H,2-3,12H2,1H3.